The van der Waals surface area contributed by atoms with Crippen LogP contribution in [0.1, 0.15) is 40.0 Å². The fourth-order valence-electron chi connectivity index (χ4n) is 4.09. The highest BCUT2D eigenvalue weighted by molar-refractivity contribution is 6.32. The van der Waals surface area contributed by atoms with Gasteiger partial charge in [-0.3, -0.25) is 0 Å². The molecule has 3 N–H and O–H groups in total. The number of rotatable bonds is 9. The molecular weight excluding hydrogens is 430 g/mol. The molecule has 1 amide bonds. The van der Waals surface area contributed by atoms with Gasteiger partial charge in [0.2, 0.25) is 0 Å². The van der Waals surface area contributed by atoms with E-state index in [4.69, 9.17) is 21.1 Å². The first-order chi connectivity index (χ1) is 15.2. The van der Waals surface area contributed by atoms with Crippen LogP contribution in [0.3, 0.4) is 0 Å². The monoisotopic (exact) mass is 461 g/mol. The number of carboxylic acid groups (broad SMARTS) is 1. The minimum atomic E-state index is -1.07. The number of hydrogen-bond acceptors (Lipinski definition) is 5. The molecule has 2 heterocycles. The number of aromatic nitrogens is 1. The Bertz CT molecular complexity index is 918. The van der Waals surface area contributed by atoms with Crippen LogP contribution >= 0.6 is 11.6 Å². The average Bonchev–Trinajstić information content (AvgIpc) is 2.72. The van der Waals surface area contributed by atoms with E-state index in [0.29, 0.717) is 29.7 Å². The minimum Gasteiger partial charge on any atom is -0.490 e. The molecule has 1 aliphatic heterocycles. The minimum absolute atomic E-state index is 0.184. The van der Waals surface area contributed by atoms with Gasteiger partial charge >= 0.3 is 6.09 Å². The summed E-state index contributed by atoms with van der Waals surface area (Å²) in [6, 6.07) is 9.81. The van der Waals surface area contributed by atoms with Gasteiger partial charge in [-0.1, -0.05) is 31.5 Å². The zero-order chi connectivity index (χ0) is 23.1. The second-order valence-corrected chi connectivity index (χ2v) is 9.42. The van der Waals surface area contributed by atoms with E-state index in [9.17, 15) is 9.90 Å². The first kappa shape index (κ1) is 24.1. The van der Waals surface area contributed by atoms with E-state index in [2.05, 4.69) is 15.6 Å². The number of benzene rings is 1. The summed E-state index contributed by atoms with van der Waals surface area (Å²) in [5.41, 5.74) is 1.22. The van der Waals surface area contributed by atoms with Crippen LogP contribution in [0, 0.1) is 5.92 Å². The zero-order valence-electron chi connectivity index (χ0n) is 18.9. The van der Waals surface area contributed by atoms with Crippen molar-refractivity contribution in [1.82, 2.24) is 10.3 Å². The Labute approximate surface area is 194 Å². The van der Waals surface area contributed by atoms with Gasteiger partial charge in [-0.05, 0) is 67.5 Å². The fourth-order valence-corrected chi connectivity index (χ4v) is 4.33. The Kier molecular flexibility index (Phi) is 8.21. The summed E-state index contributed by atoms with van der Waals surface area (Å²) in [4.78, 5) is 15.6. The van der Waals surface area contributed by atoms with Gasteiger partial charge in [0.15, 0.2) is 0 Å². The number of pyridine rings is 1. The van der Waals surface area contributed by atoms with Crippen molar-refractivity contribution in [3.8, 4) is 16.9 Å². The van der Waals surface area contributed by atoms with Crippen molar-refractivity contribution in [2.45, 2.75) is 51.6 Å². The molecule has 174 valence electrons. The molecule has 1 fully saturated rings. The first-order valence-corrected chi connectivity index (χ1v) is 11.4. The summed E-state index contributed by atoms with van der Waals surface area (Å²) < 4.78 is 11.5. The number of anilines is 1. The fraction of sp³-hybridized carbons (Fsp3) is 0.500. The molecular formula is C24H32ClN3O4. The number of halogens is 1. The van der Waals surface area contributed by atoms with Crippen molar-refractivity contribution in [3.05, 3.63) is 41.6 Å². The lowest BCUT2D eigenvalue weighted by atomic mass is 9.91. The molecule has 2 unspecified atom stereocenters. The average molecular weight is 462 g/mol. The molecule has 2 atom stereocenters. The largest absolute Gasteiger partial charge is 0.490 e. The van der Waals surface area contributed by atoms with E-state index in [1.807, 2.05) is 51.1 Å². The van der Waals surface area contributed by atoms with Gasteiger partial charge in [0, 0.05) is 12.8 Å². The van der Waals surface area contributed by atoms with Gasteiger partial charge in [-0.2, -0.15) is 0 Å². The highest BCUT2D eigenvalue weighted by Crippen LogP contribution is 2.32. The Morgan fingerprint density at radius 3 is 2.78 bits per heavy atom. The van der Waals surface area contributed by atoms with Gasteiger partial charge in [-0.25, -0.2) is 9.78 Å². The summed E-state index contributed by atoms with van der Waals surface area (Å²) in [5, 5.41) is 15.7. The van der Waals surface area contributed by atoms with E-state index >= 15 is 0 Å². The van der Waals surface area contributed by atoms with Crippen molar-refractivity contribution < 1.29 is 19.4 Å². The smallest absolute Gasteiger partial charge is 0.405 e. The molecule has 3 rings (SSSR count). The lowest BCUT2D eigenvalue weighted by molar-refractivity contribution is 0.0875. The summed E-state index contributed by atoms with van der Waals surface area (Å²) >= 11 is 6.51. The van der Waals surface area contributed by atoms with Crippen LogP contribution in [0.5, 0.6) is 5.75 Å². The van der Waals surface area contributed by atoms with E-state index in [1.54, 1.807) is 6.20 Å². The van der Waals surface area contributed by atoms with E-state index in [-0.39, 0.29) is 12.6 Å². The third-order valence-electron chi connectivity index (χ3n) is 5.35. The standard InChI is InChI=1S/C24H32ClN3O4/c1-16(2)13-24(3,28-23(29)30)15-32-21-7-6-17(11-20(21)25)18-8-9-26-22(12-18)27-19-5-4-10-31-14-19/h6-9,11-12,16,19,28H,4-5,10,13-15H2,1-3H3,(H,26,27)(H,29,30). The second-order valence-electron chi connectivity index (χ2n) is 9.01. The first-order valence-electron chi connectivity index (χ1n) is 11.0. The molecule has 1 saturated heterocycles. The molecule has 1 aliphatic rings. The maximum Gasteiger partial charge on any atom is 0.405 e. The van der Waals surface area contributed by atoms with Crippen LogP contribution in [-0.4, -0.2) is 47.6 Å². The highest BCUT2D eigenvalue weighted by Gasteiger charge is 2.29. The zero-order valence-corrected chi connectivity index (χ0v) is 19.6. The Balaban J connectivity index is 1.69. The highest BCUT2D eigenvalue weighted by atomic mass is 35.5. The molecule has 0 bridgehead atoms. The molecule has 0 saturated carbocycles. The molecule has 0 aliphatic carbocycles. The number of carbonyl (C=O) groups is 1. The lowest BCUT2D eigenvalue weighted by Gasteiger charge is -2.31. The third kappa shape index (κ3) is 7.00. The Hall–Kier alpha value is -2.51. The topological polar surface area (TPSA) is 92.7 Å². The van der Waals surface area contributed by atoms with Crippen molar-refractivity contribution in [2.75, 3.05) is 25.1 Å². The number of nitrogens with zero attached hydrogens (tertiary/aromatic N) is 1. The molecule has 0 radical (unpaired) electrons. The maximum atomic E-state index is 11.2. The van der Waals surface area contributed by atoms with E-state index < -0.39 is 11.6 Å². The number of nitrogens with one attached hydrogen (secondary N) is 2. The summed E-state index contributed by atoms with van der Waals surface area (Å²) in [5.74, 6) is 1.63. The van der Waals surface area contributed by atoms with Crippen LogP contribution < -0.4 is 15.4 Å². The SMILES string of the molecule is CC(C)CC(C)(COc1ccc(-c2ccnc(NC3CCCOC3)c2)cc1Cl)NC(=O)O. The predicted octanol–water partition coefficient (Wildman–Crippen LogP) is 5.44. The molecule has 0 spiro atoms. The van der Waals surface area contributed by atoms with Gasteiger partial charge < -0.3 is 25.2 Å². The molecule has 7 nitrogen and oxygen atoms in total. The lowest BCUT2D eigenvalue weighted by Crippen LogP contribution is -2.50. The van der Waals surface area contributed by atoms with Crippen LogP contribution in [0.15, 0.2) is 36.5 Å². The molecule has 1 aromatic heterocycles. The van der Waals surface area contributed by atoms with Gasteiger partial charge in [-0.15, -0.1) is 0 Å². The van der Waals surface area contributed by atoms with Crippen LogP contribution in [0.4, 0.5) is 10.6 Å². The number of hydrogen-bond donors (Lipinski definition) is 3. The van der Waals surface area contributed by atoms with Gasteiger partial charge in [0.1, 0.15) is 18.2 Å². The van der Waals surface area contributed by atoms with Crippen LogP contribution in [0.2, 0.25) is 5.02 Å². The molecule has 8 heteroatoms. The summed E-state index contributed by atoms with van der Waals surface area (Å²) in [6.07, 6.45) is 3.46. The summed E-state index contributed by atoms with van der Waals surface area (Å²) in [6.45, 7) is 7.62. The van der Waals surface area contributed by atoms with Crippen LogP contribution in [0.25, 0.3) is 11.1 Å². The van der Waals surface area contributed by atoms with Crippen LogP contribution in [-0.2, 0) is 4.74 Å². The van der Waals surface area contributed by atoms with Gasteiger partial charge in [0.25, 0.3) is 0 Å². The van der Waals surface area contributed by atoms with Gasteiger partial charge in [0.05, 0.1) is 23.2 Å². The van der Waals surface area contributed by atoms with Crippen molar-refractivity contribution in [2.24, 2.45) is 5.92 Å². The van der Waals surface area contributed by atoms with Crippen molar-refractivity contribution in [1.29, 1.82) is 0 Å². The molecule has 2 aromatic rings. The van der Waals surface area contributed by atoms with Crippen molar-refractivity contribution in [3.63, 3.8) is 0 Å². The molecule has 1 aromatic carbocycles. The third-order valence-corrected chi connectivity index (χ3v) is 5.65. The number of amides is 1. The number of ether oxygens (including phenoxy) is 2. The Morgan fingerprint density at radius 2 is 2.12 bits per heavy atom. The quantitative estimate of drug-likeness (QED) is 0.460. The maximum absolute atomic E-state index is 11.2. The molecule has 32 heavy (non-hydrogen) atoms. The van der Waals surface area contributed by atoms with Crippen molar-refractivity contribution >= 4 is 23.5 Å². The van der Waals surface area contributed by atoms with E-state index in [0.717, 1.165) is 36.4 Å². The Morgan fingerprint density at radius 1 is 1.34 bits per heavy atom. The predicted molar refractivity (Wildman–Crippen MR) is 127 cm³/mol. The second kappa shape index (κ2) is 10.9. The normalized spacial score (nSPS) is 18.1. The van der Waals surface area contributed by atoms with E-state index in [1.165, 1.54) is 0 Å². The summed E-state index contributed by atoms with van der Waals surface area (Å²) in [7, 11) is 0.